The maximum atomic E-state index is 12.3. The zero-order chi connectivity index (χ0) is 31.9. The summed E-state index contributed by atoms with van der Waals surface area (Å²) < 4.78 is 26.3. The van der Waals surface area contributed by atoms with Gasteiger partial charge in [0.2, 0.25) is 8.32 Å². The molecule has 2 N–H and O–H groups in total. The van der Waals surface area contributed by atoms with Crippen LogP contribution in [0.15, 0.2) is 0 Å². The summed E-state index contributed by atoms with van der Waals surface area (Å²) in [6.45, 7) is 22.9. The van der Waals surface area contributed by atoms with Crippen LogP contribution < -0.4 is 5.32 Å². The highest BCUT2D eigenvalue weighted by atomic mass is 28.4. The summed E-state index contributed by atoms with van der Waals surface area (Å²) in [5, 5.41) is 13.5. The average Bonchev–Trinajstić information content (AvgIpc) is 2.93. The van der Waals surface area contributed by atoms with E-state index in [0.29, 0.717) is 49.5 Å². The van der Waals surface area contributed by atoms with Crippen LogP contribution in [-0.4, -0.2) is 67.2 Å². The second kappa shape index (κ2) is 25.0. The van der Waals surface area contributed by atoms with E-state index in [1.54, 1.807) is 0 Å². The molecule has 0 aromatic carbocycles. The molecule has 0 aromatic heterocycles. The SMILES string of the molecule is CCCCCCO[Si](CCCNCC(O[Si](C(C)C)(C(C)C)C(C)C)C(=O)O)(OCCCCCC)OCCCCCC. The third-order valence-corrected chi connectivity index (χ3v) is 17.5. The van der Waals surface area contributed by atoms with Crippen molar-refractivity contribution in [3.8, 4) is 0 Å². The maximum Gasteiger partial charge on any atom is 0.501 e. The van der Waals surface area contributed by atoms with Crippen LogP contribution in [0.2, 0.25) is 22.7 Å². The van der Waals surface area contributed by atoms with Crippen LogP contribution in [0.4, 0.5) is 0 Å². The first-order chi connectivity index (χ1) is 20.0. The van der Waals surface area contributed by atoms with Gasteiger partial charge in [-0.05, 0) is 48.9 Å². The Kier molecular flexibility index (Phi) is 24.8. The van der Waals surface area contributed by atoms with Gasteiger partial charge in [0.25, 0.3) is 0 Å². The van der Waals surface area contributed by atoms with Gasteiger partial charge in [-0.1, -0.05) is 120 Å². The number of hydrogen-bond donors (Lipinski definition) is 2. The van der Waals surface area contributed by atoms with E-state index in [-0.39, 0.29) is 0 Å². The standard InChI is InChI=1S/C33H71NO6Si2/c1-10-13-16-19-24-37-41(38-25-20-17-14-11-2,39-26-21-18-15-12-3)27-22-23-34-28-32(33(35)36)40-42(29(4)5,30(6)7)31(8)9/h29-32,34H,10-28H2,1-9H3,(H,35,36). The fourth-order valence-corrected chi connectivity index (χ4v) is 14.3. The Morgan fingerprint density at radius 2 is 1.05 bits per heavy atom. The molecule has 0 heterocycles. The number of hydrogen-bond acceptors (Lipinski definition) is 6. The number of carboxylic acid groups (broad SMARTS) is 1. The molecule has 0 saturated heterocycles. The van der Waals surface area contributed by atoms with Gasteiger partial charge in [0, 0.05) is 32.4 Å². The molecule has 0 fully saturated rings. The second-order valence-corrected chi connectivity index (χ2v) is 21.1. The fourth-order valence-electron chi connectivity index (χ4n) is 6.11. The molecule has 1 unspecified atom stereocenters. The summed E-state index contributed by atoms with van der Waals surface area (Å²) >= 11 is 0. The van der Waals surface area contributed by atoms with Crippen LogP contribution in [0.1, 0.15) is 146 Å². The zero-order valence-electron chi connectivity index (χ0n) is 29.2. The van der Waals surface area contributed by atoms with Gasteiger partial charge in [-0.2, -0.15) is 0 Å². The first-order valence-corrected chi connectivity index (χ1v) is 21.6. The average molecular weight is 634 g/mol. The zero-order valence-corrected chi connectivity index (χ0v) is 31.2. The lowest BCUT2D eigenvalue weighted by molar-refractivity contribution is -0.145. The quantitative estimate of drug-likeness (QED) is 0.0602. The highest BCUT2D eigenvalue weighted by Gasteiger charge is 2.47. The molecule has 0 aromatic rings. The fraction of sp³-hybridized carbons (Fsp3) is 0.970. The molecule has 9 heteroatoms. The molecule has 252 valence electrons. The number of rotatable bonds is 30. The molecule has 0 bridgehead atoms. The maximum absolute atomic E-state index is 12.3. The van der Waals surface area contributed by atoms with E-state index in [2.05, 4.69) is 67.6 Å². The van der Waals surface area contributed by atoms with Gasteiger partial charge in [0.15, 0.2) is 6.10 Å². The highest BCUT2D eigenvalue weighted by molar-refractivity contribution is 6.77. The van der Waals surface area contributed by atoms with Crippen LogP contribution in [0, 0.1) is 0 Å². The summed E-state index contributed by atoms with van der Waals surface area (Å²) in [6, 6.07) is 0.747. The van der Waals surface area contributed by atoms with Crippen molar-refractivity contribution >= 4 is 23.1 Å². The molecule has 0 saturated carbocycles. The lowest BCUT2D eigenvalue weighted by atomic mass is 10.2. The predicted octanol–water partition coefficient (Wildman–Crippen LogP) is 9.34. The van der Waals surface area contributed by atoms with Crippen molar-refractivity contribution < 1.29 is 27.6 Å². The van der Waals surface area contributed by atoms with Crippen LogP contribution in [-0.2, 0) is 22.5 Å². The molecule has 0 amide bonds. The van der Waals surface area contributed by atoms with Crippen molar-refractivity contribution in [3.63, 3.8) is 0 Å². The lowest BCUT2D eigenvalue weighted by Gasteiger charge is -2.43. The molecule has 0 aliphatic heterocycles. The Balaban J connectivity index is 5.36. The molecule has 0 aliphatic carbocycles. The molecule has 0 rings (SSSR count). The first-order valence-electron chi connectivity index (χ1n) is 17.6. The summed E-state index contributed by atoms with van der Waals surface area (Å²) in [5.74, 6) is -0.883. The molecule has 1 atom stereocenters. The van der Waals surface area contributed by atoms with E-state index in [4.69, 9.17) is 17.7 Å². The smallest absolute Gasteiger partial charge is 0.479 e. The number of carboxylic acids is 1. The Hall–Kier alpha value is -0.296. The Labute approximate surface area is 263 Å². The van der Waals surface area contributed by atoms with Crippen LogP contribution in [0.25, 0.3) is 0 Å². The minimum Gasteiger partial charge on any atom is -0.479 e. The van der Waals surface area contributed by atoms with Gasteiger partial charge in [-0.15, -0.1) is 0 Å². The number of carbonyl (C=O) groups is 1. The summed E-state index contributed by atoms with van der Waals surface area (Å²) in [6.07, 6.45) is 13.8. The van der Waals surface area contributed by atoms with Crippen LogP contribution in [0.3, 0.4) is 0 Å². The van der Waals surface area contributed by atoms with Crippen molar-refractivity contribution in [2.45, 2.75) is 175 Å². The van der Waals surface area contributed by atoms with Gasteiger partial charge in [0.05, 0.1) is 0 Å². The number of aliphatic carboxylic acids is 1. The molecular weight excluding hydrogens is 563 g/mol. The third kappa shape index (κ3) is 16.7. The minimum absolute atomic E-state index is 0.304. The van der Waals surface area contributed by atoms with Crippen molar-refractivity contribution in [2.75, 3.05) is 32.9 Å². The Bertz CT molecular complexity index is 592. The van der Waals surface area contributed by atoms with E-state index < -0.39 is 29.2 Å². The van der Waals surface area contributed by atoms with E-state index >= 15 is 0 Å². The lowest BCUT2D eigenvalue weighted by Crippen LogP contribution is -2.53. The van der Waals surface area contributed by atoms with Gasteiger partial charge in [-0.3, -0.25) is 0 Å². The first kappa shape index (κ1) is 41.7. The topological polar surface area (TPSA) is 86.3 Å². The van der Waals surface area contributed by atoms with Gasteiger partial charge in [0.1, 0.15) is 0 Å². The molecule has 42 heavy (non-hydrogen) atoms. The number of nitrogens with one attached hydrogen (secondary N) is 1. The molecule has 0 spiro atoms. The van der Waals surface area contributed by atoms with Crippen molar-refractivity contribution in [1.82, 2.24) is 5.32 Å². The molecular formula is C33H71NO6Si2. The van der Waals surface area contributed by atoms with Crippen molar-refractivity contribution in [2.24, 2.45) is 0 Å². The van der Waals surface area contributed by atoms with E-state index in [0.717, 1.165) is 31.7 Å². The van der Waals surface area contributed by atoms with E-state index in [1.807, 2.05) is 0 Å². The summed E-state index contributed by atoms with van der Waals surface area (Å²) in [5.41, 5.74) is 1.01. The van der Waals surface area contributed by atoms with Crippen LogP contribution >= 0.6 is 0 Å². The minimum atomic E-state index is -2.84. The normalized spacial score (nSPS) is 13.5. The van der Waals surface area contributed by atoms with E-state index in [9.17, 15) is 9.90 Å². The largest absolute Gasteiger partial charge is 0.501 e. The molecule has 7 nitrogen and oxygen atoms in total. The molecule has 0 aliphatic rings. The van der Waals surface area contributed by atoms with Gasteiger partial charge < -0.3 is 28.1 Å². The van der Waals surface area contributed by atoms with Gasteiger partial charge >= 0.3 is 14.8 Å². The number of unbranched alkanes of at least 4 members (excludes halogenated alkanes) is 9. The Morgan fingerprint density at radius 3 is 1.38 bits per heavy atom. The second-order valence-electron chi connectivity index (χ2n) is 13.0. The predicted molar refractivity (Wildman–Crippen MR) is 182 cm³/mol. The Morgan fingerprint density at radius 1 is 0.643 bits per heavy atom. The summed E-state index contributed by atoms with van der Waals surface area (Å²) in [7, 11) is -5.14. The molecule has 0 radical (unpaired) electrons. The third-order valence-electron chi connectivity index (χ3n) is 8.45. The van der Waals surface area contributed by atoms with E-state index in [1.165, 1.54) is 57.8 Å². The van der Waals surface area contributed by atoms with Crippen molar-refractivity contribution in [3.05, 3.63) is 0 Å². The van der Waals surface area contributed by atoms with Gasteiger partial charge in [-0.25, -0.2) is 4.79 Å². The monoisotopic (exact) mass is 633 g/mol. The summed E-state index contributed by atoms with van der Waals surface area (Å²) in [4.78, 5) is 12.3. The van der Waals surface area contributed by atoms with Crippen molar-refractivity contribution in [1.29, 1.82) is 0 Å². The van der Waals surface area contributed by atoms with Crippen LogP contribution in [0.5, 0.6) is 0 Å². The highest BCUT2D eigenvalue weighted by Crippen LogP contribution is 2.43.